The SMILES string of the molecule is CCCC(C)C(C(=O)O)c1ccccc1OCC. The zero-order valence-corrected chi connectivity index (χ0v) is 11.3. The molecular formula is C15H22O3. The van der Waals surface area contributed by atoms with Gasteiger partial charge in [0.15, 0.2) is 0 Å². The monoisotopic (exact) mass is 250 g/mol. The van der Waals surface area contributed by atoms with Crippen LogP contribution in [0, 0.1) is 5.92 Å². The largest absolute Gasteiger partial charge is 0.494 e. The number of carboxylic acids is 1. The van der Waals surface area contributed by atoms with Gasteiger partial charge in [-0.1, -0.05) is 38.5 Å². The normalized spacial score (nSPS) is 13.9. The molecule has 18 heavy (non-hydrogen) atoms. The van der Waals surface area contributed by atoms with E-state index in [0.717, 1.165) is 18.4 Å². The van der Waals surface area contributed by atoms with Gasteiger partial charge in [-0.2, -0.15) is 0 Å². The van der Waals surface area contributed by atoms with Crippen LogP contribution < -0.4 is 4.74 Å². The second kappa shape index (κ2) is 7.04. The van der Waals surface area contributed by atoms with Crippen molar-refractivity contribution >= 4 is 5.97 Å². The minimum atomic E-state index is -0.775. The van der Waals surface area contributed by atoms with E-state index in [1.54, 1.807) is 0 Å². The van der Waals surface area contributed by atoms with Gasteiger partial charge in [-0.05, 0) is 25.3 Å². The zero-order chi connectivity index (χ0) is 13.5. The fourth-order valence-electron chi connectivity index (χ4n) is 2.33. The van der Waals surface area contributed by atoms with Crippen molar-refractivity contribution in [2.24, 2.45) is 5.92 Å². The van der Waals surface area contributed by atoms with E-state index in [1.807, 2.05) is 38.1 Å². The summed E-state index contributed by atoms with van der Waals surface area (Å²) in [6.45, 7) is 6.52. The van der Waals surface area contributed by atoms with E-state index >= 15 is 0 Å². The van der Waals surface area contributed by atoms with Crippen LogP contribution in [-0.4, -0.2) is 17.7 Å². The highest BCUT2D eigenvalue weighted by atomic mass is 16.5. The molecule has 1 aromatic rings. The molecule has 3 heteroatoms. The predicted molar refractivity (Wildman–Crippen MR) is 72.1 cm³/mol. The highest BCUT2D eigenvalue weighted by Crippen LogP contribution is 2.34. The smallest absolute Gasteiger partial charge is 0.311 e. The van der Waals surface area contributed by atoms with E-state index in [9.17, 15) is 9.90 Å². The first kappa shape index (κ1) is 14.6. The molecular weight excluding hydrogens is 228 g/mol. The van der Waals surface area contributed by atoms with Gasteiger partial charge in [-0.3, -0.25) is 4.79 Å². The fourth-order valence-corrected chi connectivity index (χ4v) is 2.33. The van der Waals surface area contributed by atoms with Gasteiger partial charge in [-0.15, -0.1) is 0 Å². The molecule has 1 N–H and O–H groups in total. The molecule has 0 spiro atoms. The molecule has 2 unspecified atom stereocenters. The predicted octanol–water partition coefficient (Wildman–Crippen LogP) is 3.69. The summed E-state index contributed by atoms with van der Waals surface area (Å²) in [4.78, 5) is 11.5. The van der Waals surface area contributed by atoms with E-state index in [0.29, 0.717) is 12.4 Å². The Kier molecular flexibility index (Phi) is 5.69. The molecule has 1 rings (SSSR count). The van der Waals surface area contributed by atoms with Crippen LogP contribution in [0.5, 0.6) is 5.75 Å². The highest BCUT2D eigenvalue weighted by Gasteiger charge is 2.28. The molecule has 3 nitrogen and oxygen atoms in total. The number of aliphatic carboxylic acids is 1. The lowest BCUT2D eigenvalue weighted by atomic mass is 9.84. The maximum Gasteiger partial charge on any atom is 0.311 e. The third kappa shape index (κ3) is 3.49. The number of rotatable bonds is 7. The summed E-state index contributed by atoms with van der Waals surface area (Å²) in [6, 6.07) is 7.44. The second-order valence-corrected chi connectivity index (χ2v) is 4.55. The van der Waals surface area contributed by atoms with Crippen molar-refractivity contribution < 1.29 is 14.6 Å². The maximum atomic E-state index is 11.5. The molecule has 0 saturated heterocycles. The van der Waals surface area contributed by atoms with Crippen molar-refractivity contribution in [1.82, 2.24) is 0 Å². The summed E-state index contributed by atoms with van der Waals surface area (Å²) in [5.74, 6) is -0.472. The van der Waals surface area contributed by atoms with Crippen LogP contribution in [0.2, 0.25) is 0 Å². The van der Waals surface area contributed by atoms with Gasteiger partial charge >= 0.3 is 5.97 Å². The first-order chi connectivity index (χ1) is 8.61. The van der Waals surface area contributed by atoms with E-state index in [2.05, 4.69) is 6.92 Å². The molecule has 0 aliphatic heterocycles. The minimum Gasteiger partial charge on any atom is -0.494 e. The standard InChI is InChI=1S/C15H22O3/c1-4-8-11(3)14(15(16)17)12-9-6-7-10-13(12)18-5-2/h6-7,9-11,14H,4-5,8H2,1-3H3,(H,16,17). The van der Waals surface area contributed by atoms with Crippen molar-refractivity contribution in [2.75, 3.05) is 6.61 Å². The lowest BCUT2D eigenvalue weighted by Gasteiger charge is -2.22. The van der Waals surface area contributed by atoms with E-state index in [1.165, 1.54) is 0 Å². The Morgan fingerprint density at radius 3 is 2.56 bits per heavy atom. The van der Waals surface area contributed by atoms with Crippen molar-refractivity contribution in [2.45, 2.75) is 39.5 Å². The number of benzene rings is 1. The Labute approximate surface area is 109 Å². The molecule has 0 aromatic heterocycles. The Morgan fingerprint density at radius 2 is 2.00 bits per heavy atom. The molecule has 0 saturated carbocycles. The van der Waals surface area contributed by atoms with Crippen LogP contribution in [0.1, 0.15) is 45.1 Å². The molecule has 0 amide bonds. The summed E-state index contributed by atoms with van der Waals surface area (Å²) in [7, 11) is 0. The van der Waals surface area contributed by atoms with Crippen LogP contribution in [0.25, 0.3) is 0 Å². The van der Waals surface area contributed by atoms with E-state index < -0.39 is 11.9 Å². The van der Waals surface area contributed by atoms with Crippen LogP contribution in [-0.2, 0) is 4.79 Å². The molecule has 0 aliphatic carbocycles. The molecule has 0 aliphatic rings. The van der Waals surface area contributed by atoms with Crippen LogP contribution in [0.15, 0.2) is 24.3 Å². The lowest BCUT2D eigenvalue weighted by molar-refractivity contribution is -0.140. The third-order valence-corrected chi connectivity index (χ3v) is 3.13. The van der Waals surface area contributed by atoms with Crippen molar-refractivity contribution in [3.05, 3.63) is 29.8 Å². The van der Waals surface area contributed by atoms with Gasteiger partial charge in [0.25, 0.3) is 0 Å². The Bertz CT molecular complexity index is 387. The minimum absolute atomic E-state index is 0.106. The van der Waals surface area contributed by atoms with Gasteiger partial charge in [0.1, 0.15) is 5.75 Å². The van der Waals surface area contributed by atoms with Crippen LogP contribution >= 0.6 is 0 Å². The third-order valence-electron chi connectivity index (χ3n) is 3.13. The lowest BCUT2D eigenvalue weighted by Crippen LogP contribution is -2.20. The zero-order valence-electron chi connectivity index (χ0n) is 11.3. The summed E-state index contributed by atoms with van der Waals surface area (Å²) in [5, 5.41) is 9.46. The van der Waals surface area contributed by atoms with Gasteiger partial charge in [0, 0.05) is 5.56 Å². The Morgan fingerprint density at radius 1 is 1.33 bits per heavy atom. The van der Waals surface area contributed by atoms with Crippen molar-refractivity contribution in [3.63, 3.8) is 0 Å². The first-order valence-electron chi connectivity index (χ1n) is 6.56. The Balaban J connectivity index is 3.08. The van der Waals surface area contributed by atoms with Gasteiger partial charge in [0.05, 0.1) is 12.5 Å². The molecule has 2 atom stereocenters. The van der Waals surface area contributed by atoms with Gasteiger partial charge in [0.2, 0.25) is 0 Å². The number of hydrogen-bond donors (Lipinski definition) is 1. The number of hydrogen-bond acceptors (Lipinski definition) is 2. The highest BCUT2D eigenvalue weighted by molar-refractivity contribution is 5.77. The van der Waals surface area contributed by atoms with Crippen LogP contribution in [0.3, 0.4) is 0 Å². The van der Waals surface area contributed by atoms with Crippen molar-refractivity contribution in [1.29, 1.82) is 0 Å². The van der Waals surface area contributed by atoms with E-state index in [-0.39, 0.29) is 5.92 Å². The fraction of sp³-hybridized carbons (Fsp3) is 0.533. The summed E-state index contributed by atoms with van der Waals surface area (Å²) in [6.07, 6.45) is 1.89. The Hall–Kier alpha value is -1.51. The number of carboxylic acid groups (broad SMARTS) is 1. The quantitative estimate of drug-likeness (QED) is 0.802. The maximum absolute atomic E-state index is 11.5. The molecule has 0 bridgehead atoms. The summed E-state index contributed by atoms with van der Waals surface area (Å²) in [5.41, 5.74) is 0.785. The average molecular weight is 250 g/mol. The molecule has 1 aromatic carbocycles. The average Bonchev–Trinajstić information content (AvgIpc) is 2.32. The molecule has 100 valence electrons. The number of ether oxygens (including phenoxy) is 1. The van der Waals surface area contributed by atoms with Crippen molar-refractivity contribution in [3.8, 4) is 5.75 Å². The second-order valence-electron chi connectivity index (χ2n) is 4.55. The van der Waals surface area contributed by atoms with Crippen LogP contribution in [0.4, 0.5) is 0 Å². The number of para-hydroxylation sites is 1. The van der Waals surface area contributed by atoms with Gasteiger partial charge < -0.3 is 9.84 Å². The molecule has 0 radical (unpaired) electrons. The number of carbonyl (C=O) groups is 1. The first-order valence-corrected chi connectivity index (χ1v) is 6.56. The summed E-state index contributed by atoms with van der Waals surface area (Å²) >= 11 is 0. The summed E-state index contributed by atoms with van der Waals surface area (Å²) < 4.78 is 5.53. The topological polar surface area (TPSA) is 46.5 Å². The molecule has 0 fully saturated rings. The van der Waals surface area contributed by atoms with E-state index in [4.69, 9.17) is 4.74 Å². The molecule has 0 heterocycles. The van der Waals surface area contributed by atoms with Gasteiger partial charge in [-0.25, -0.2) is 0 Å².